The van der Waals surface area contributed by atoms with Gasteiger partial charge in [-0.1, -0.05) is 6.92 Å². The second-order valence-electron chi connectivity index (χ2n) is 6.72. The van der Waals surface area contributed by atoms with Crippen LogP contribution in [-0.4, -0.2) is 45.9 Å². The van der Waals surface area contributed by atoms with Crippen LogP contribution in [0, 0.1) is 5.92 Å². The van der Waals surface area contributed by atoms with Crippen LogP contribution in [0.4, 0.5) is 13.2 Å². The van der Waals surface area contributed by atoms with E-state index in [2.05, 4.69) is 4.98 Å². The highest BCUT2D eigenvalue weighted by molar-refractivity contribution is 5.95. The third-order valence-electron chi connectivity index (χ3n) is 4.96. The lowest BCUT2D eigenvalue weighted by Crippen LogP contribution is -2.41. The first-order valence-electron chi connectivity index (χ1n) is 9.30. The van der Waals surface area contributed by atoms with Crippen molar-refractivity contribution >= 4 is 17.5 Å². The Labute approximate surface area is 160 Å². The van der Waals surface area contributed by atoms with E-state index in [9.17, 15) is 22.8 Å². The van der Waals surface area contributed by atoms with Gasteiger partial charge in [-0.15, -0.1) is 0 Å². The van der Waals surface area contributed by atoms with Crippen molar-refractivity contribution in [3.05, 3.63) is 35.3 Å². The summed E-state index contributed by atoms with van der Waals surface area (Å²) in [5.74, 6) is -0.895. The molecular formula is C19H22F3N3O3. The van der Waals surface area contributed by atoms with E-state index in [0.717, 1.165) is 12.3 Å². The van der Waals surface area contributed by atoms with Crippen LogP contribution >= 0.6 is 0 Å². The Kier molecular flexibility index (Phi) is 5.62. The van der Waals surface area contributed by atoms with Gasteiger partial charge in [-0.3, -0.25) is 14.0 Å². The van der Waals surface area contributed by atoms with Crippen LogP contribution in [0.25, 0.3) is 5.65 Å². The van der Waals surface area contributed by atoms with Crippen molar-refractivity contribution in [3.63, 3.8) is 0 Å². The first-order valence-corrected chi connectivity index (χ1v) is 9.30. The van der Waals surface area contributed by atoms with E-state index in [1.807, 2.05) is 0 Å². The molecule has 0 atom stereocenters. The van der Waals surface area contributed by atoms with Crippen molar-refractivity contribution in [1.82, 2.24) is 14.3 Å². The average molecular weight is 397 g/mol. The summed E-state index contributed by atoms with van der Waals surface area (Å²) < 4.78 is 45.6. The number of fused-ring (bicyclic) bond motifs is 1. The molecule has 6 nitrogen and oxygen atoms in total. The number of alkyl halides is 3. The van der Waals surface area contributed by atoms with Gasteiger partial charge in [0.2, 0.25) is 0 Å². The standard InChI is InChI=1S/C19H22F3N3O3/c1-3-14-16(25-11-13(19(20,21)22)5-6-15(25)23-14)17(26)24-9-7-12(8-10-24)18(27)28-4-2/h5-6,11-12H,3-4,7-10H2,1-2H3. The second-order valence-corrected chi connectivity index (χ2v) is 6.72. The molecule has 0 aliphatic carbocycles. The Hall–Kier alpha value is -2.58. The molecule has 9 heteroatoms. The van der Waals surface area contributed by atoms with E-state index >= 15 is 0 Å². The van der Waals surface area contributed by atoms with Crippen LogP contribution in [-0.2, 0) is 22.1 Å². The number of carbonyl (C=O) groups is 2. The minimum Gasteiger partial charge on any atom is -0.466 e. The van der Waals surface area contributed by atoms with Gasteiger partial charge < -0.3 is 9.64 Å². The summed E-state index contributed by atoms with van der Waals surface area (Å²) in [5, 5.41) is 0. The number of halogens is 3. The number of rotatable bonds is 4. The zero-order valence-corrected chi connectivity index (χ0v) is 15.8. The minimum atomic E-state index is -4.51. The fourth-order valence-electron chi connectivity index (χ4n) is 3.46. The summed E-state index contributed by atoms with van der Waals surface area (Å²) in [4.78, 5) is 30.8. The Morgan fingerprint density at radius 1 is 1.21 bits per heavy atom. The quantitative estimate of drug-likeness (QED) is 0.743. The predicted octanol–water partition coefficient (Wildman–Crippen LogP) is 3.33. The van der Waals surface area contributed by atoms with Crippen molar-refractivity contribution in [1.29, 1.82) is 0 Å². The topological polar surface area (TPSA) is 63.9 Å². The highest BCUT2D eigenvalue weighted by atomic mass is 19.4. The largest absolute Gasteiger partial charge is 0.466 e. The summed E-state index contributed by atoms with van der Waals surface area (Å²) in [6.07, 6.45) is -2.24. The van der Waals surface area contributed by atoms with Crippen molar-refractivity contribution in [3.8, 4) is 0 Å². The highest BCUT2D eigenvalue weighted by Gasteiger charge is 2.34. The molecule has 1 saturated heterocycles. The lowest BCUT2D eigenvalue weighted by atomic mass is 9.96. The number of aryl methyl sites for hydroxylation is 1. The highest BCUT2D eigenvalue weighted by Crippen LogP contribution is 2.30. The first kappa shape index (κ1) is 20.2. The molecule has 1 amide bonds. The fourth-order valence-corrected chi connectivity index (χ4v) is 3.46. The third kappa shape index (κ3) is 3.83. The maximum atomic E-state index is 13.1. The molecule has 1 aliphatic rings. The molecule has 3 rings (SSSR count). The van der Waals surface area contributed by atoms with Gasteiger partial charge in [0, 0.05) is 19.3 Å². The van der Waals surface area contributed by atoms with Crippen molar-refractivity contribution in [2.75, 3.05) is 19.7 Å². The molecule has 0 bridgehead atoms. The summed E-state index contributed by atoms with van der Waals surface area (Å²) in [5.41, 5.74) is 0.0692. The zero-order valence-electron chi connectivity index (χ0n) is 15.8. The number of ether oxygens (including phenoxy) is 1. The number of nitrogens with zero attached hydrogens (tertiary/aromatic N) is 3. The molecule has 0 radical (unpaired) electrons. The van der Waals surface area contributed by atoms with Gasteiger partial charge in [0.15, 0.2) is 0 Å². The molecule has 1 aliphatic heterocycles. The zero-order chi connectivity index (χ0) is 20.5. The molecule has 3 heterocycles. The Morgan fingerprint density at radius 2 is 1.89 bits per heavy atom. The molecule has 28 heavy (non-hydrogen) atoms. The van der Waals surface area contributed by atoms with Gasteiger partial charge in [0.1, 0.15) is 11.3 Å². The molecule has 152 valence electrons. The third-order valence-corrected chi connectivity index (χ3v) is 4.96. The van der Waals surface area contributed by atoms with Crippen molar-refractivity contribution in [2.45, 2.75) is 39.3 Å². The number of imidazole rings is 1. The van der Waals surface area contributed by atoms with Crippen LogP contribution in [0.5, 0.6) is 0 Å². The number of likely N-dealkylation sites (tertiary alicyclic amines) is 1. The monoisotopic (exact) mass is 397 g/mol. The number of hydrogen-bond donors (Lipinski definition) is 0. The maximum absolute atomic E-state index is 13.1. The normalized spacial score (nSPS) is 15.8. The summed E-state index contributed by atoms with van der Waals surface area (Å²) in [6.45, 7) is 4.54. The van der Waals surface area contributed by atoms with E-state index in [0.29, 0.717) is 50.3 Å². The van der Waals surface area contributed by atoms with Crippen LogP contribution < -0.4 is 0 Å². The Bertz CT molecular complexity index is 884. The van der Waals surface area contributed by atoms with Crippen molar-refractivity contribution in [2.24, 2.45) is 5.92 Å². The summed E-state index contributed by atoms with van der Waals surface area (Å²) in [6, 6.07) is 2.23. The molecule has 0 aromatic carbocycles. The van der Waals surface area contributed by atoms with Gasteiger partial charge in [0.05, 0.1) is 23.8 Å². The second kappa shape index (κ2) is 7.81. The number of aromatic nitrogens is 2. The molecule has 1 fully saturated rings. The lowest BCUT2D eigenvalue weighted by Gasteiger charge is -2.31. The molecule has 0 spiro atoms. The van der Waals surface area contributed by atoms with Gasteiger partial charge in [-0.25, -0.2) is 4.98 Å². The minimum absolute atomic E-state index is 0.151. The molecular weight excluding hydrogens is 375 g/mol. The SMILES string of the molecule is CCOC(=O)C1CCN(C(=O)c2c(CC)nc3ccc(C(F)(F)F)cn23)CC1. The van der Waals surface area contributed by atoms with E-state index in [1.165, 1.54) is 10.5 Å². The first-order chi connectivity index (χ1) is 13.3. The smallest absolute Gasteiger partial charge is 0.417 e. The number of piperidine rings is 1. The number of amides is 1. The number of hydrogen-bond acceptors (Lipinski definition) is 4. The summed E-state index contributed by atoms with van der Waals surface area (Å²) >= 11 is 0. The fraction of sp³-hybridized carbons (Fsp3) is 0.526. The molecule has 2 aromatic heterocycles. The Morgan fingerprint density at radius 3 is 2.46 bits per heavy atom. The Balaban J connectivity index is 1.88. The van der Waals surface area contributed by atoms with Crippen LogP contribution in [0.2, 0.25) is 0 Å². The molecule has 0 N–H and O–H groups in total. The van der Waals surface area contributed by atoms with Crippen molar-refractivity contribution < 1.29 is 27.5 Å². The lowest BCUT2D eigenvalue weighted by molar-refractivity contribution is -0.149. The van der Waals surface area contributed by atoms with E-state index < -0.39 is 11.7 Å². The predicted molar refractivity (Wildman–Crippen MR) is 94.8 cm³/mol. The number of carbonyl (C=O) groups excluding carboxylic acids is 2. The molecule has 0 saturated carbocycles. The number of pyridine rings is 1. The number of esters is 1. The van der Waals surface area contributed by atoms with Gasteiger partial charge >= 0.3 is 12.1 Å². The van der Waals surface area contributed by atoms with Crippen LogP contribution in [0.15, 0.2) is 18.3 Å². The molecule has 2 aromatic rings. The maximum Gasteiger partial charge on any atom is 0.417 e. The van der Waals surface area contributed by atoms with Crippen LogP contribution in [0.1, 0.15) is 48.4 Å². The van der Waals surface area contributed by atoms with Crippen LogP contribution in [0.3, 0.4) is 0 Å². The average Bonchev–Trinajstić information content (AvgIpc) is 3.04. The van der Waals surface area contributed by atoms with E-state index in [1.54, 1.807) is 18.7 Å². The van der Waals surface area contributed by atoms with E-state index in [4.69, 9.17) is 4.74 Å². The summed E-state index contributed by atoms with van der Waals surface area (Å²) in [7, 11) is 0. The van der Waals surface area contributed by atoms with Gasteiger partial charge in [0.25, 0.3) is 5.91 Å². The molecule has 0 unspecified atom stereocenters. The van der Waals surface area contributed by atoms with E-state index in [-0.39, 0.29) is 23.5 Å². The van der Waals surface area contributed by atoms with Gasteiger partial charge in [-0.2, -0.15) is 13.2 Å². The van der Waals surface area contributed by atoms with Gasteiger partial charge in [-0.05, 0) is 38.3 Å².